The Labute approximate surface area is 107 Å². The highest BCUT2D eigenvalue weighted by Gasteiger charge is 2.06. The van der Waals surface area contributed by atoms with Crippen LogP contribution in [0.4, 0.5) is 0 Å². The van der Waals surface area contributed by atoms with Gasteiger partial charge in [-0.1, -0.05) is 11.8 Å². The highest BCUT2D eigenvalue weighted by Crippen LogP contribution is 2.12. The SMILES string of the molecule is COC(=O)c1ccc(OCC#CC(C)(C)O)cc1. The van der Waals surface area contributed by atoms with E-state index in [1.807, 2.05) is 0 Å². The van der Waals surface area contributed by atoms with Crippen LogP contribution in [-0.4, -0.2) is 30.4 Å². The minimum atomic E-state index is -1.02. The lowest BCUT2D eigenvalue weighted by molar-refractivity contribution is 0.0600. The second kappa shape index (κ2) is 6.08. The molecule has 0 aromatic heterocycles. The molecule has 4 heteroatoms. The minimum Gasteiger partial charge on any atom is -0.481 e. The highest BCUT2D eigenvalue weighted by molar-refractivity contribution is 5.89. The van der Waals surface area contributed by atoms with Gasteiger partial charge in [0, 0.05) is 0 Å². The third kappa shape index (κ3) is 4.89. The Morgan fingerprint density at radius 3 is 2.44 bits per heavy atom. The molecule has 0 bridgehead atoms. The standard InChI is InChI=1S/C14H16O4/c1-14(2,16)9-4-10-18-12-7-5-11(6-8-12)13(15)17-3/h5-8,16H,10H2,1-3H3. The molecule has 0 aliphatic heterocycles. The lowest BCUT2D eigenvalue weighted by Gasteiger charge is -2.06. The van der Waals surface area contributed by atoms with Crippen LogP contribution in [0.1, 0.15) is 24.2 Å². The van der Waals surface area contributed by atoms with Gasteiger partial charge in [-0.05, 0) is 38.1 Å². The summed E-state index contributed by atoms with van der Waals surface area (Å²) >= 11 is 0. The molecule has 0 aliphatic carbocycles. The molecule has 0 spiro atoms. The number of benzene rings is 1. The van der Waals surface area contributed by atoms with Gasteiger partial charge in [0.2, 0.25) is 0 Å². The van der Waals surface area contributed by atoms with E-state index in [4.69, 9.17) is 4.74 Å². The second-order valence-corrected chi connectivity index (χ2v) is 4.17. The number of carbonyl (C=O) groups excluding carboxylic acids is 1. The fourth-order valence-electron chi connectivity index (χ4n) is 1.18. The molecule has 0 radical (unpaired) electrons. The van der Waals surface area contributed by atoms with E-state index in [1.54, 1.807) is 38.1 Å². The van der Waals surface area contributed by atoms with Crippen molar-refractivity contribution in [1.29, 1.82) is 0 Å². The number of carbonyl (C=O) groups is 1. The number of esters is 1. The molecule has 1 rings (SSSR count). The second-order valence-electron chi connectivity index (χ2n) is 4.17. The summed E-state index contributed by atoms with van der Waals surface area (Å²) in [6, 6.07) is 6.56. The molecule has 0 unspecified atom stereocenters. The first-order chi connectivity index (χ1) is 8.42. The smallest absolute Gasteiger partial charge is 0.337 e. The van der Waals surface area contributed by atoms with Gasteiger partial charge in [-0.25, -0.2) is 4.79 Å². The van der Waals surface area contributed by atoms with Crippen LogP contribution in [0.2, 0.25) is 0 Å². The maximum Gasteiger partial charge on any atom is 0.337 e. The molecule has 0 amide bonds. The van der Waals surface area contributed by atoms with Crippen molar-refractivity contribution in [3.05, 3.63) is 29.8 Å². The highest BCUT2D eigenvalue weighted by atomic mass is 16.5. The molecule has 0 aliphatic rings. The van der Waals surface area contributed by atoms with E-state index in [0.29, 0.717) is 11.3 Å². The van der Waals surface area contributed by atoms with Crippen molar-refractivity contribution in [2.45, 2.75) is 19.4 Å². The van der Waals surface area contributed by atoms with E-state index < -0.39 is 5.60 Å². The maximum absolute atomic E-state index is 11.2. The van der Waals surface area contributed by atoms with Crippen molar-refractivity contribution >= 4 is 5.97 Å². The van der Waals surface area contributed by atoms with Gasteiger partial charge in [0.25, 0.3) is 0 Å². The van der Waals surface area contributed by atoms with Gasteiger partial charge in [0.05, 0.1) is 12.7 Å². The summed E-state index contributed by atoms with van der Waals surface area (Å²) in [5.74, 6) is 5.56. The van der Waals surface area contributed by atoms with Crippen LogP contribution in [0.25, 0.3) is 0 Å². The molecule has 1 aromatic carbocycles. The van der Waals surface area contributed by atoms with Gasteiger partial charge in [-0.15, -0.1) is 0 Å². The maximum atomic E-state index is 11.2. The molecule has 0 atom stereocenters. The predicted molar refractivity (Wildman–Crippen MR) is 67.4 cm³/mol. The van der Waals surface area contributed by atoms with Crippen LogP contribution in [0, 0.1) is 11.8 Å². The molecule has 0 saturated heterocycles. The zero-order chi connectivity index (χ0) is 13.6. The van der Waals surface area contributed by atoms with Gasteiger partial charge < -0.3 is 14.6 Å². The summed E-state index contributed by atoms with van der Waals surface area (Å²) in [4.78, 5) is 11.2. The predicted octanol–water partition coefficient (Wildman–Crippen LogP) is 1.63. The van der Waals surface area contributed by atoms with Crippen LogP contribution in [0.15, 0.2) is 24.3 Å². The molecule has 4 nitrogen and oxygen atoms in total. The van der Waals surface area contributed by atoms with E-state index in [0.717, 1.165) is 0 Å². The summed E-state index contributed by atoms with van der Waals surface area (Å²) in [5.41, 5.74) is -0.551. The first kappa shape index (κ1) is 14.1. The number of aliphatic hydroxyl groups is 1. The molecule has 1 N–H and O–H groups in total. The Hall–Kier alpha value is -1.99. The number of hydrogen-bond acceptors (Lipinski definition) is 4. The van der Waals surface area contributed by atoms with Gasteiger partial charge in [-0.2, -0.15) is 0 Å². The van der Waals surface area contributed by atoms with Gasteiger partial charge in [-0.3, -0.25) is 0 Å². The summed E-state index contributed by atoms with van der Waals surface area (Å²) in [6.45, 7) is 3.39. The topological polar surface area (TPSA) is 55.8 Å². The van der Waals surface area contributed by atoms with E-state index >= 15 is 0 Å². The van der Waals surface area contributed by atoms with Crippen LogP contribution < -0.4 is 4.74 Å². The average molecular weight is 248 g/mol. The van der Waals surface area contributed by atoms with Crippen LogP contribution >= 0.6 is 0 Å². The summed E-state index contributed by atoms with van der Waals surface area (Å²) in [5, 5.41) is 9.36. The number of ether oxygens (including phenoxy) is 2. The van der Waals surface area contributed by atoms with E-state index in [9.17, 15) is 9.90 Å². The largest absolute Gasteiger partial charge is 0.481 e. The first-order valence-corrected chi connectivity index (χ1v) is 5.46. The van der Waals surface area contributed by atoms with Crippen molar-refractivity contribution in [2.75, 3.05) is 13.7 Å². The molecule has 0 heterocycles. The van der Waals surface area contributed by atoms with Crippen molar-refractivity contribution in [3.8, 4) is 17.6 Å². The molecule has 1 aromatic rings. The van der Waals surface area contributed by atoms with Crippen molar-refractivity contribution in [3.63, 3.8) is 0 Å². The van der Waals surface area contributed by atoms with Gasteiger partial charge in [0.1, 0.15) is 18.0 Å². The zero-order valence-electron chi connectivity index (χ0n) is 10.7. The lowest BCUT2D eigenvalue weighted by Crippen LogP contribution is -2.15. The summed E-state index contributed by atoms with van der Waals surface area (Å²) in [6.07, 6.45) is 0. The van der Waals surface area contributed by atoms with E-state index in [2.05, 4.69) is 16.6 Å². The summed E-state index contributed by atoms with van der Waals surface area (Å²) in [7, 11) is 1.33. The Bertz CT molecular complexity index is 457. The number of rotatable bonds is 3. The summed E-state index contributed by atoms with van der Waals surface area (Å²) < 4.78 is 9.92. The monoisotopic (exact) mass is 248 g/mol. The van der Waals surface area contributed by atoms with E-state index in [-0.39, 0.29) is 12.6 Å². The quantitative estimate of drug-likeness (QED) is 0.652. The molecule has 96 valence electrons. The molecule has 0 saturated carbocycles. The fraction of sp³-hybridized carbons (Fsp3) is 0.357. The van der Waals surface area contributed by atoms with Gasteiger partial charge in [0.15, 0.2) is 0 Å². The normalized spacial score (nSPS) is 10.2. The first-order valence-electron chi connectivity index (χ1n) is 5.46. The third-order valence-electron chi connectivity index (χ3n) is 1.98. The van der Waals surface area contributed by atoms with Gasteiger partial charge >= 0.3 is 5.97 Å². The molecule has 0 fully saturated rings. The van der Waals surface area contributed by atoms with Crippen LogP contribution in [-0.2, 0) is 4.74 Å². The van der Waals surface area contributed by atoms with Crippen LogP contribution in [0.5, 0.6) is 5.75 Å². The Balaban J connectivity index is 2.54. The molecular formula is C14H16O4. The van der Waals surface area contributed by atoms with Crippen molar-refractivity contribution in [2.24, 2.45) is 0 Å². The van der Waals surface area contributed by atoms with Crippen molar-refractivity contribution in [1.82, 2.24) is 0 Å². The number of methoxy groups -OCH3 is 1. The van der Waals surface area contributed by atoms with Crippen LogP contribution in [0.3, 0.4) is 0 Å². The fourth-order valence-corrected chi connectivity index (χ4v) is 1.18. The van der Waals surface area contributed by atoms with E-state index in [1.165, 1.54) is 7.11 Å². The molecular weight excluding hydrogens is 232 g/mol. The average Bonchev–Trinajstić information content (AvgIpc) is 2.33. The minimum absolute atomic E-state index is 0.182. The number of hydrogen-bond donors (Lipinski definition) is 1. The van der Waals surface area contributed by atoms with Crippen molar-refractivity contribution < 1.29 is 19.4 Å². The molecule has 18 heavy (non-hydrogen) atoms. The third-order valence-corrected chi connectivity index (χ3v) is 1.98. The Morgan fingerprint density at radius 1 is 1.33 bits per heavy atom. The zero-order valence-corrected chi connectivity index (χ0v) is 10.7. The lowest BCUT2D eigenvalue weighted by atomic mass is 10.1. The Morgan fingerprint density at radius 2 is 1.94 bits per heavy atom. The Kier molecular flexibility index (Phi) is 4.75.